The first-order valence-corrected chi connectivity index (χ1v) is 9.82. The molecule has 2 heterocycles. The molecular weight excluding hydrogens is 382 g/mol. The van der Waals surface area contributed by atoms with Crippen LogP contribution < -0.4 is 10.9 Å². The van der Waals surface area contributed by atoms with Gasteiger partial charge >= 0.3 is 5.63 Å². The Morgan fingerprint density at radius 1 is 1.10 bits per heavy atom. The molecule has 1 atom stereocenters. The number of fused-ring (bicyclic) bond motifs is 1. The van der Waals surface area contributed by atoms with Crippen LogP contribution in [0.5, 0.6) is 0 Å². The largest absolute Gasteiger partial charge is 0.422 e. The average Bonchev–Trinajstić information content (AvgIpc) is 3.24. The number of nitrogens with one attached hydrogen (secondary N) is 1. The Kier molecular flexibility index (Phi) is 5.37. The molecule has 7 heteroatoms. The normalized spacial score (nSPS) is 16.2. The number of para-hydroxylation sites is 1. The maximum absolute atomic E-state index is 12.7. The van der Waals surface area contributed by atoms with E-state index in [-0.39, 0.29) is 11.5 Å². The van der Waals surface area contributed by atoms with Crippen molar-refractivity contribution in [1.82, 2.24) is 9.80 Å². The molecule has 1 saturated heterocycles. The molecular formula is C23H23N3O4. The van der Waals surface area contributed by atoms with Crippen molar-refractivity contribution in [2.75, 3.05) is 32.5 Å². The predicted molar refractivity (Wildman–Crippen MR) is 115 cm³/mol. The number of rotatable bonds is 4. The van der Waals surface area contributed by atoms with E-state index in [1.807, 2.05) is 19.0 Å². The van der Waals surface area contributed by atoms with Gasteiger partial charge in [-0.3, -0.25) is 9.59 Å². The first-order chi connectivity index (χ1) is 14.4. The molecule has 4 rings (SSSR count). The van der Waals surface area contributed by atoms with Crippen LogP contribution in [0.1, 0.15) is 27.1 Å². The Morgan fingerprint density at radius 2 is 1.83 bits per heavy atom. The van der Waals surface area contributed by atoms with Gasteiger partial charge in [0.25, 0.3) is 11.8 Å². The molecule has 1 aromatic heterocycles. The summed E-state index contributed by atoms with van der Waals surface area (Å²) in [5.74, 6) is -0.575. The van der Waals surface area contributed by atoms with Crippen LogP contribution in [0, 0.1) is 0 Å². The van der Waals surface area contributed by atoms with E-state index in [9.17, 15) is 14.4 Å². The third-order valence-electron chi connectivity index (χ3n) is 5.46. The Labute approximate surface area is 173 Å². The van der Waals surface area contributed by atoms with E-state index in [4.69, 9.17) is 4.42 Å². The molecule has 2 aromatic carbocycles. The van der Waals surface area contributed by atoms with Crippen molar-refractivity contribution in [3.63, 3.8) is 0 Å². The first-order valence-electron chi connectivity index (χ1n) is 9.82. The number of anilines is 1. The highest BCUT2D eigenvalue weighted by molar-refractivity contribution is 6.05. The number of nitrogens with zero attached hydrogens (tertiary/aromatic N) is 2. The molecule has 1 fully saturated rings. The van der Waals surface area contributed by atoms with Crippen molar-refractivity contribution >= 4 is 28.5 Å². The highest BCUT2D eigenvalue weighted by atomic mass is 16.4. The second kappa shape index (κ2) is 8.12. The quantitative estimate of drug-likeness (QED) is 0.675. The fraction of sp³-hybridized carbons (Fsp3) is 0.261. The molecule has 0 spiro atoms. The third-order valence-corrected chi connectivity index (χ3v) is 5.46. The molecule has 0 radical (unpaired) electrons. The van der Waals surface area contributed by atoms with Crippen LogP contribution in [-0.4, -0.2) is 54.8 Å². The summed E-state index contributed by atoms with van der Waals surface area (Å²) >= 11 is 0. The van der Waals surface area contributed by atoms with E-state index < -0.39 is 11.5 Å². The van der Waals surface area contributed by atoms with Crippen LogP contribution in [0.25, 0.3) is 11.0 Å². The van der Waals surface area contributed by atoms with Gasteiger partial charge < -0.3 is 19.5 Å². The van der Waals surface area contributed by atoms with E-state index in [1.54, 1.807) is 48.5 Å². The van der Waals surface area contributed by atoms with Gasteiger partial charge in [-0.05, 0) is 56.9 Å². The lowest BCUT2D eigenvalue weighted by molar-refractivity contribution is 0.0783. The number of amides is 2. The van der Waals surface area contributed by atoms with Gasteiger partial charge in [0.05, 0.1) is 0 Å². The molecule has 1 N–H and O–H groups in total. The molecule has 154 valence electrons. The average molecular weight is 405 g/mol. The van der Waals surface area contributed by atoms with Crippen LogP contribution >= 0.6 is 0 Å². The Balaban J connectivity index is 1.46. The van der Waals surface area contributed by atoms with Gasteiger partial charge in [0.15, 0.2) is 0 Å². The Hall–Kier alpha value is -3.45. The minimum absolute atomic E-state index is 0.0209. The highest BCUT2D eigenvalue weighted by Crippen LogP contribution is 2.19. The van der Waals surface area contributed by atoms with Gasteiger partial charge in [-0.1, -0.05) is 18.2 Å². The van der Waals surface area contributed by atoms with Crippen molar-refractivity contribution in [3.05, 3.63) is 76.1 Å². The zero-order valence-corrected chi connectivity index (χ0v) is 16.9. The Bertz CT molecular complexity index is 1150. The molecule has 1 unspecified atom stereocenters. The number of benzene rings is 2. The van der Waals surface area contributed by atoms with E-state index in [1.165, 1.54) is 6.07 Å². The molecule has 7 nitrogen and oxygen atoms in total. The lowest BCUT2D eigenvalue weighted by Crippen LogP contribution is -2.34. The fourth-order valence-corrected chi connectivity index (χ4v) is 3.65. The summed E-state index contributed by atoms with van der Waals surface area (Å²) < 4.78 is 5.21. The lowest BCUT2D eigenvalue weighted by Gasteiger charge is -2.20. The van der Waals surface area contributed by atoms with Crippen LogP contribution in [0.3, 0.4) is 0 Å². The van der Waals surface area contributed by atoms with Crippen LogP contribution in [0.2, 0.25) is 0 Å². The van der Waals surface area contributed by atoms with Crippen molar-refractivity contribution in [3.8, 4) is 0 Å². The maximum Gasteiger partial charge on any atom is 0.349 e. The van der Waals surface area contributed by atoms with Crippen LogP contribution in [-0.2, 0) is 0 Å². The van der Waals surface area contributed by atoms with Gasteiger partial charge in [0.1, 0.15) is 11.1 Å². The van der Waals surface area contributed by atoms with Gasteiger partial charge in [0.2, 0.25) is 0 Å². The minimum Gasteiger partial charge on any atom is -0.422 e. The number of likely N-dealkylation sites (tertiary alicyclic amines) is 1. The summed E-state index contributed by atoms with van der Waals surface area (Å²) in [5, 5.41) is 3.36. The molecule has 1 aliphatic rings. The topological polar surface area (TPSA) is 82.9 Å². The van der Waals surface area contributed by atoms with Gasteiger partial charge in [0, 0.05) is 35.8 Å². The minimum atomic E-state index is -0.692. The number of hydrogen-bond donors (Lipinski definition) is 1. The molecule has 30 heavy (non-hydrogen) atoms. The van der Waals surface area contributed by atoms with Crippen LogP contribution in [0.15, 0.2) is 63.8 Å². The third kappa shape index (κ3) is 3.97. The summed E-state index contributed by atoms with van der Waals surface area (Å²) in [5.41, 5.74) is 0.734. The predicted octanol–water partition coefficient (Wildman–Crippen LogP) is 2.82. The standard InChI is InChI=1S/C23H23N3O4/c1-25(2)18-11-12-26(14-18)22(28)15-7-9-17(10-8-15)24-21(27)19-13-16-5-3-4-6-20(16)30-23(19)29/h3-10,13,18H,11-12,14H2,1-2H3,(H,24,27). The molecule has 0 bridgehead atoms. The Morgan fingerprint density at radius 3 is 2.53 bits per heavy atom. The van der Waals surface area contributed by atoms with Gasteiger partial charge in [-0.25, -0.2) is 4.79 Å². The lowest BCUT2D eigenvalue weighted by atomic mass is 10.1. The number of carbonyl (C=O) groups excluding carboxylic acids is 2. The molecule has 0 saturated carbocycles. The van der Waals surface area contributed by atoms with Gasteiger partial charge in [-0.2, -0.15) is 0 Å². The summed E-state index contributed by atoms with van der Waals surface area (Å²) in [4.78, 5) is 41.4. The van der Waals surface area contributed by atoms with E-state index in [0.29, 0.717) is 34.8 Å². The van der Waals surface area contributed by atoms with E-state index in [0.717, 1.165) is 13.0 Å². The highest BCUT2D eigenvalue weighted by Gasteiger charge is 2.28. The second-order valence-electron chi connectivity index (χ2n) is 7.67. The molecule has 3 aromatic rings. The fourth-order valence-electron chi connectivity index (χ4n) is 3.65. The maximum atomic E-state index is 12.7. The van der Waals surface area contributed by atoms with Crippen molar-refractivity contribution in [2.45, 2.75) is 12.5 Å². The zero-order chi connectivity index (χ0) is 21.3. The summed E-state index contributed by atoms with van der Waals surface area (Å²) in [6, 6.07) is 15.6. The monoisotopic (exact) mass is 405 g/mol. The second-order valence-corrected chi connectivity index (χ2v) is 7.67. The molecule has 0 aliphatic carbocycles. The van der Waals surface area contributed by atoms with Crippen molar-refractivity contribution in [2.24, 2.45) is 0 Å². The van der Waals surface area contributed by atoms with E-state index in [2.05, 4.69) is 10.2 Å². The zero-order valence-electron chi connectivity index (χ0n) is 16.9. The molecule has 2 amide bonds. The van der Waals surface area contributed by atoms with Crippen LogP contribution in [0.4, 0.5) is 5.69 Å². The summed E-state index contributed by atoms with van der Waals surface area (Å²) in [7, 11) is 4.04. The first kappa shape index (κ1) is 19.8. The van der Waals surface area contributed by atoms with E-state index >= 15 is 0 Å². The number of likely N-dealkylation sites (N-methyl/N-ethyl adjacent to an activating group) is 1. The van der Waals surface area contributed by atoms with Crippen molar-refractivity contribution in [1.29, 1.82) is 0 Å². The number of carbonyl (C=O) groups is 2. The van der Waals surface area contributed by atoms with Crippen molar-refractivity contribution < 1.29 is 14.0 Å². The summed E-state index contributed by atoms with van der Waals surface area (Å²) in [6.45, 7) is 1.44. The number of hydrogen-bond acceptors (Lipinski definition) is 5. The summed E-state index contributed by atoms with van der Waals surface area (Å²) in [6.07, 6.45) is 0.960. The SMILES string of the molecule is CN(C)C1CCN(C(=O)c2ccc(NC(=O)c3cc4ccccc4oc3=O)cc2)C1. The molecule has 1 aliphatic heterocycles. The van der Waals surface area contributed by atoms with Gasteiger partial charge in [-0.15, -0.1) is 0 Å². The smallest absolute Gasteiger partial charge is 0.349 e.